The van der Waals surface area contributed by atoms with Gasteiger partial charge in [0.15, 0.2) is 0 Å². The summed E-state index contributed by atoms with van der Waals surface area (Å²) < 4.78 is 0. The summed E-state index contributed by atoms with van der Waals surface area (Å²) in [5.41, 5.74) is 9.13. The quantitative estimate of drug-likeness (QED) is 0.456. The Morgan fingerprint density at radius 3 is 1.96 bits per heavy atom. The summed E-state index contributed by atoms with van der Waals surface area (Å²) in [5, 5.41) is 0. The topological polar surface area (TPSA) is 0 Å². The predicted octanol–water partition coefficient (Wildman–Crippen LogP) is 6.33. The Balaban J connectivity index is 1.49. The largest absolute Gasteiger partial charge is 0.0876 e. The van der Waals surface area contributed by atoms with Crippen molar-refractivity contribution < 1.29 is 0 Å². The molecule has 0 heteroatoms. The van der Waals surface area contributed by atoms with Crippen LogP contribution in [0.1, 0.15) is 40.5 Å². The molecule has 0 bridgehead atoms. The first-order valence-corrected chi connectivity index (χ1v) is 9.84. The predicted molar refractivity (Wildman–Crippen MR) is 107 cm³/mol. The third kappa shape index (κ3) is 1.90. The third-order valence-corrected chi connectivity index (χ3v) is 6.94. The maximum absolute atomic E-state index is 2.49. The first kappa shape index (κ1) is 14.6. The van der Waals surface area contributed by atoms with Crippen molar-refractivity contribution >= 4 is 0 Å². The average Bonchev–Trinajstić information content (AvgIpc) is 3.24. The van der Waals surface area contributed by atoms with Crippen LogP contribution in [0.25, 0.3) is 11.1 Å². The molecule has 3 unspecified atom stereocenters. The number of fused-ring (bicyclic) bond motifs is 6. The van der Waals surface area contributed by atoms with Gasteiger partial charge in [-0.05, 0) is 58.1 Å². The lowest BCUT2D eigenvalue weighted by Gasteiger charge is -2.36. The summed E-state index contributed by atoms with van der Waals surface area (Å²) in [4.78, 5) is 0. The van der Waals surface area contributed by atoms with Crippen LogP contribution in [0, 0.1) is 11.8 Å². The average molecular weight is 334 g/mol. The highest BCUT2D eigenvalue weighted by Crippen LogP contribution is 2.56. The molecule has 3 aromatic carbocycles. The zero-order valence-corrected chi connectivity index (χ0v) is 14.8. The van der Waals surface area contributed by atoms with Crippen molar-refractivity contribution in [1.82, 2.24) is 0 Å². The Morgan fingerprint density at radius 2 is 1.23 bits per heavy atom. The number of allylic oxidation sites excluding steroid dienone is 2. The van der Waals surface area contributed by atoms with Crippen molar-refractivity contribution in [1.29, 1.82) is 0 Å². The van der Waals surface area contributed by atoms with Crippen LogP contribution in [-0.4, -0.2) is 0 Å². The highest BCUT2D eigenvalue weighted by atomic mass is 14.5. The minimum atomic E-state index is 0.536. The molecule has 3 aliphatic carbocycles. The summed E-state index contributed by atoms with van der Waals surface area (Å²) in [5.74, 6) is 2.54. The first-order chi connectivity index (χ1) is 12.9. The lowest BCUT2D eigenvalue weighted by Crippen LogP contribution is -2.26. The van der Waals surface area contributed by atoms with Crippen LogP contribution in [0.3, 0.4) is 0 Å². The molecule has 3 atom stereocenters. The van der Waals surface area contributed by atoms with Crippen LogP contribution in [0.4, 0.5) is 0 Å². The van der Waals surface area contributed by atoms with Gasteiger partial charge in [0.1, 0.15) is 0 Å². The van der Waals surface area contributed by atoms with E-state index < -0.39 is 0 Å². The molecule has 0 radical (unpaired) electrons. The molecule has 0 fully saturated rings. The number of hydrogen-bond acceptors (Lipinski definition) is 0. The Morgan fingerprint density at radius 1 is 0.615 bits per heavy atom. The SMILES string of the molecule is C1=CC2c3ccccc3CC2C(C2c3ccccc3-c3ccccc32)C1. The molecule has 3 aliphatic rings. The minimum absolute atomic E-state index is 0.536. The van der Waals surface area contributed by atoms with Crippen LogP contribution < -0.4 is 0 Å². The van der Waals surface area contributed by atoms with Crippen molar-refractivity contribution in [2.45, 2.75) is 24.7 Å². The van der Waals surface area contributed by atoms with E-state index in [1.165, 1.54) is 24.0 Å². The van der Waals surface area contributed by atoms with Crippen molar-refractivity contribution in [3.05, 3.63) is 107 Å². The van der Waals surface area contributed by atoms with E-state index in [4.69, 9.17) is 0 Å². The van der Waals surface area contributed by atoms with Crippen LogP contribution in [0.15, 0.2) is 84.9 Å². The van der Waals surface area contributed by atoms with Gasteiger partial charge in [0.05, 0.1) is 0 Å². The monoisotopic (exact) mass is 334 g/mol. The van der Waals surface area contributed by atoms with Crippen molar-refractivity contribution in [3.63, 3.8) is 0 Å². The molecule has 26 heavy (non-hydrogen) atoms. The van der Waals surface area contributed by atoms with E-state index in [0.29, 0.717) is 17.8 Å². The highest BCUT2D eigenvalue weighted by molar-refractivity contribution is 5.79. The zero-order valence-electron chi connectivity index (χ0n) is 14.8. The van der Waals surface area contributed by atoms with Crippen LogP contribution in [-0.2, 0) is 6.42 Å². The zero-order chi connectivity index (χ0) is 17.1. The van der Waals surface area contributed by atoms with Crippen molar-refractivity contribution in [2.75, 3.05) is 0 Å². The molecule has 0 amide bonds. The molecule has 0 aromatic heterocycles. The van der Waals surface area contributed by atoms with E-state index >= 15 is 0 Å². The molecule has 0 nitrogen and oxygen atoms in total. The highest BCUT2D eigenvalue weighted by Gasteiger charge is 2.44. The summed E-state index contributed by atoms with van der Waals surface area (Å²) in [6.45, 7) is 0. The molecule has 3 aromatic rings. The summed E-state index contributed by atoms with van der Waals surface area (Å²) in [6.07, 6.45) is 7.37. The first-order valence-electron chi connectivity index (χ1n) is 9.84. The van der Waals surface area contributed by atoms with Gasteiger partial charge in [0.25, 0.3) is 0 Å². The molecule has 6 rings (SSSR count). The summed E-state index contributed by atoms with van der Waals surface area (Å²) >= 11 is 0. The van der Waals surface area contributed by atoms with Crippen LogP contribution >= 0.6 is 0 Å². The molecule has 0 aliphatic heterocycles. The Labute approximate surface area is 155 Å². The molecular formula is C26H22. The van der Waals surface area contributed by atoms with Crippen LogP contribution in [0.5, 0.6) is 0 Å². The van der Waals surface area contributed by atoms with E-state index in [2.05, 4.69) is 84.9 Å². The fraction of sp³-hybridized carbons (Fsp3) is 0.231. The van der Waals surface area contributed by atoms with E-state index in [0.717, 1.165) is 5.92 Å². The van der Waals surface area contributed by atoms with Gasteiger partial charge in [0, 0.05) is 11.8 Å². The van der Waals surface area contributed by atoms with Gasteiger partial charge in [0.2, 0.25) is 0 Å². The van der Waals surface area contributed by atoms with E-state index in [1.54, 1.807) is 22.3 Å². The normalized spacial score (nSPS) is 25.5. The molecule has 0 saturated heterocycles. The number of benzene rings is 3. The van der Waals surface area contributed by atoms with Gasteiger partial charge < -0.3 is 0 Å². The minimum Gasteiger partial charge on any atom is -0.0876 e. The fourth-order valence-electron chi connectivity index (χ4n) is 5.92. The lowest BCUT2D eigenvalue weighted by molar-refractivity contribution is 0.284. The summed E-state index contributed by atoms with van der Waals surface area (Å²) in [7, 11) is 0. The second-order valence-electron chi connectivity index (χ2n) is 8.07. The second kappa shape index (κ2) is 5.45. The van der Waals surface area contributed by atoms with Gasteiger partial charge in [-0.1, -0.05) is 84.9 Å². The molecule has 0 N–H and O–H groups in total. The molecule has 0 spiro atoms. The maximum atomic E-state index is 2.49. The van der Waals surface area contributed by atoms with Gasteiger partial charge >= 0.3 is 0 Å². The van der Waals surface area contributed by atoms with Crippen LogP contribution in [0.2, 0.25) is 0 Å². The Hall–Kier alpha value is -2.60. The fourth-order valence-corrected chi connectivity index (χ4v) is 5.92. The molecule has 0 heterocycles. The van der Waals surface area contributed by atoms with E-state index in [9.17, 15) is 0 Å². The number of rotatable bonds is 1. The molecule has 126 valence electrons. The lowest BCUT2D eigenvalue weighted by atomic mass is 9.68. The third-order valence-electron chi connectivity index (χ3n) is 6.94. The van der Waals surface area contributed by atoms with Crippen molar-refractivity contribution in [3.8, 4) is 11.1 Å². The van der Waals surface area contributed by atoms with Crippen molar-refractivity contribution in [2.24, 2.45) is 11.8 Å². The Kier molecular flexibility index (Phi) is 3.05. The Bertz CT molecular complexity index is 980. The smallest absolute Gasteiger partial charge is 0.0136 e. The van der Waals surface area contributed by atoms with E-state index in [-0.39, 0.29) is 0 Å². The van der Waals surface area contributed by atoms with Gasteiger partial charge in [-0.3, -0.25) is 0 Å². The number of hydrogen-bond donors (Lipinski definition) is 0. The van der Waals surface area contributed by atoms with Gasteiger partial charge in [-0.25, -0.2) is 0 Å². The van der Waals surface area contributed by atoms with E-state index in [1.807, 2.05) is 0 Å². The molecular weight excluding hydrogens is 312 g/mol. The maximum Gasteiger partial charge on any atom is 0.0136 e. The van der Waals surface area contributed by atoms with Gasteiger partial charge in [-0.15, -0.1) is 0 Å². The second-order valence-corrected chi connectivity index (χ2v) is 8.07. The summed E-state index contributed by atoms with van der Waals surface area (Å²) in [6, 6.07) is 27.3. The van der Waals surface area contributed by atoms with Gasteiger partial charge in [-0.2, -0.15) is 0 Å². The standard InChI is InChI=1S/C26H22/c1-2-9-18-17(8-1)16-25-19(18)14-7-15-24(25)26-22-12-5-3-10-20(22)21-11-4-6-13-23(21)26/h1-14,19,24-26H,15-16H2. The molecule has 0 saturated carbocycles.